The molecular formula is C21H17F5N4O3. The maximum absolute atomic E-state index is 13.2. The fraction of sp³-hybridized carbons (Fsp3) is 0.190. The second-order valence-corrected chi connectivity index (χ2v) is 6.95. The van der Waals surface area contributed by atoms with E-state index in [0.717, 1.165) is 12.1 Å². The Morgan fingerprint density at radius 3 is 2.27 bits per heavy atom. The lowest BCUT2D eigenvalue weighted by Gasteiger charge is -2.17. The van der Waals surface area contributed by atoms with Gasteiger partial charge in [0.2, 0.25) is 0 Å². The van der Waals surface area contributed by atoms with Crippen molar-refractivity contribution in [1.29, 1.82) is 0 Å². The predicted molar refractivity (Wildman–Crippen MR) is 110 cm³/mol. The number of nitrogens with zero attached hydrogens (tertiary/aromatic N) is 1. The number of hydrogen-bond donors (Lipinski definition) is 3. The molecule has 3 rings (SSSR count). The van der Waals surface area contributed by atoms with Crippen LogP contribution in [0.4, 0.5) is 38.1 Å². The number of nitrogens with one attached hydrogen (secondary N) is 3. The Morgan fingerprint density at radius 2 is 1.64 bits per heavy atom. The van der Waals surface area contributed by atoms with Crippen LogP contribution in [0.5, 0.6) is 5.75 Å². The van der Waals surface area contributed by atoms with Gasteiger partial charge in [0.05, 0.1) is 17.4 Å². The summed E-state index contributed by atoms with van der Waals surface area (Å²) in [6, 6.07) is 5.43. The highest BCUT2D eigenvalue weighted by atomic mass is 19.4. The maximum Gasteiger partial charge on any atom is 0.471 e. The molecule has 3 amide bonds. The number of amides is 3. The van der Waals surface area contributed by atoms with Gasteiger partial charge in [-0.15, -0.1) is 0 Å². The zero-order valence-corrected chi connectivity index (χ0v) is 17.0. The van der Waals surface area contributed by atoms with Crippen LogP contribution in [0.3, 0.4) is 0 Å². The highest BCUT2D eigenvalue weighted by Crippen LogP contribution is 2.30. The first kappa shape index (κ1) is 23.7. The van der Waals surface area contributed by atoms with Crippen LogP contribution in [0.2, 0.25) is 0 Å². The zero-order chi connectivity index (χ0) is 24.2. The van der Waals surface area contributed by atoms with E-state index >= 15 is 0 Å². The first-order valence-electron chi connectivity index (χ1n) is 9.44. The fourth-order valence-corrected chi connectivity index (χ4v) is 2.86. The SMILES string of the molecule is CC(COc1cc(F)cc(F)c1)NC(=O)Nc1ccc(NC(=O)C(F)(F)F)c2cnccc12. The van der Waals surface area contributed by atoms with E-state index in [1.165, 1.54) is 30.6 Å². The van der Waals surface area contributed by atoms with E-state index in [-0.39, 0.29) is 29.1 Å². The molecule has 0 aliphatic carbocycles. The van der Waals surface area contributed by atoms with Crippen LogP contribution in [0, 0.1) is 11.6 Å². The van der Waals surface area contributed by atoms with Crippen LogP contribution in [-0.2, 0) is 4.79 Å². The summed E-state index contributed by atoms with van der Waals surface area (Å²) in [5.41, 5.74) is 0.116. The molecule has 0 bridgehead atoms. The van der Waals surface area contributed by atoms with Gasteiger partial charge in [-0.1, -0.05) is 0 Å². The smallest absolute Gasteiger partial charge is 0.471 e. The fourth-order valence-electron chi connectivity index (χ4n) is 2.86. The lowest BCUT2D eigenvalue weighted by atomic mass is 10.1. The van der Waals surface area contributed by atoms with Gasteiger partial charge in [-0.25, -0.2) is 13.6 Å². The normalized spacial score (nSPS) is 12.2. The van der Waals surface area contributed by atoms with Crippen molar-refractivity contribution in [3.05, 3.63) is 60.4 Å². The minimum atomic E-state index is -5.07. The van der Waals surface area contributed by atoms with Crippen molar-refractivity contribution in [1.82, 2.24) is 10.3 Å². The Hall–Kier alpha value is -3.96. The van der Waals surface area contributed by atoms with Crippen LogP contribution in [-0.4, -0.2) is 35.7 Å². The van der Waals surface area contributed by atoms with Crippen molar-refractivity contribution in [3.63, 3.8) is 0 Å². The molecule has 0 spiro atoms. The van der Waals surface area contributed by atoms with Crippen molar-refractivity contribution in [3.8, 4) is 5.75 Å². The minimum Gasteiger partial charge on any atom is -0.491 e. The monoisotopic (exact) mass is 468 g/mol. The molecule has 0 fully saturated rings. The lowest BCUT2D eigenvalue weighted by Crippen LogP contribution is -2.39. The van der Waals surface area contributed by atoms with Crippen molar-refractivity contribution in [2.45, 2.75) is 19.1 Å². The number of hydrogen-bond acceptors (Lipinski definition) is 4. The molecule has 3 N–H and O–H groups in total. The van der Waals surface area contributed by atoms with Gasteiger partial charge in [0.1, 0.15) is 24.0 Å². The zero-order valence-electron chi connectivity index (χ0n) is 17.0. The summed E-state index contributed by atoms with van der Waals surface area (Å²) >= 11 is 0. The summed E-state index contributed by atoms with van der Waals surface area (Å²) < 4.78 is 69.4. The second-order valence-electron chi connectivity index (χ2n) is 6.95. The first-order chi connectivity index (χ1) is 15.5. The number of carbonyl (C=O) groups is 2. The number of ether oxygens (including phenoxy) is 1. The van der Waals surface area contributed by atoms with Gasteiger partial charge < -0.3 is 20.7 Å². The van der Waals surface area contributed by atoms with E-state index in [0.29, 0.717) is 11.5 Å². The average Bonchev–Trinajstić information content (AvgIpc) is 2.72. The Balaban J connectivity index is 1.67. The van der Waals surface area contributed by atoms with Crippen LogP contribution >= 0.6 is 0 Å². The molecule has 33 heavy (non-hydrogen) atoms. The lowest BCUT2D eigenvalue weighted by molar-refractivity contribution is -0.167. The van der Waals surface area contributed by atoms with Crippen molar-refractivity contribution < 1.29 is 36.3 Å². The molecule has 174 valence electrons. The number of pyridine rings is 1. The number of carbonyl (C=O) groups excluding carboxylic acids is 2. The van der Waals surface area contributed by atoms with E-state index < -0.39 is 35.8 Å². The third-order valence-electron chi connectivity index (χ3n) is 4.29. The van der Waals surface area contributed by atoms with E-state index in [1.807, 2.05) is 0 Å². The largest absolute Gasteiger partial charge is 0.491 e. The maximum atomic E-state index is 13.2. The summed E-state index contributed by atoms with van der Waals surface area (Å²) in [4.78, 5) is 27.5. The summed E-state index contributed by atoms with van der Waals surface area (Å²) in [5, 5.41) is 7.40. The molecule has 0 saturated carbocycles. The summed E-state index contributed by atoms with van der Waals surface area (Å²) in [6.07, 6.45) is -2.45. The highest BCUT2D eigenvalue weighted by molar-refractivity contribution is 6.09. The van der Waals surface area contributed by atoms with Gasteiger partial charge in [0.25, 0.3) is 0 Å². The molecule has 12 heteroatoms. The number of halogens is 5. The Morgan fingerprint density at radius 1 is 1.00 bits per heavy atom. The standard InChI is InChI=1S/C21H17F5N4O3/c1-11(10-33-14-7-12(22)6-13(23)8-14)28-20(32)30-17-2-3-18(29-19(31)21(24,25)26)16-9-27-5-4-15(16)17/h2-9,11H,10H2,1H3,(H,29,31)(H2,28,30,32). The number of anilines is 2. The molecule has 1 heterocycles. The van der Waals surface area contributed by atoms with E-state index in [9.17, 15) is 31.5 Å². The third-order valence-corrected chi connectivity index (χ3v) is 4.29. The van der Waals surface area contributed by atoms with E-state index in [1.54, 1.807) is 12.2 Å². The second kappa shape index (κ2) is 9.67. The van der Waals surface area contributed by atoms with E-state index in [2.05, 4.69) is 15.6 Å². The first-order valence-corrected chi connectivity index (χ1v) is 9.44. The van der Waals surface area contributed by atoms with Gasteiger partial charge >= 0.3 is 18.1 Å². The number of rotatable bonds is 6. The van der Waals surface area contributed by atoms with Gasteiger partial charge in [0.15, 0.2) is 0 Å². The highest BCUT2D eigenvalue weighted by Gasteiger charge is 2.38. The Labute approximate surface area is 183 Å². The minimum absolute atomic E-state index is 0.0449. The molecule has 3 aromatic rings. The molecule has 7 nitrogen and oxygen atoms in total. The van der Waals surface area contributed by atoms with Gasteiger partial charge in [0, 0.05) is 41.4 Å². The van der Waals surface area contributed by atoms with Crippen molar-refractivity contribution in [2.75, 3.05) is 17.2 Å². The molecule has 1 aromatic heterocycles. The van der Waals surface area contributed by atoms with E-state index in [4.69, 9.17) is 4.74 Å². The molecule has 0 saturated heterocycles. The molecule has 2 aromatic carbocycles. The van der Waals surface area contributed by atoms with Crippen LogP contribution in [0.1, 0.15) is 6.92 Å². The average molecular weight is 468 g/mol. The number of fused-ring (bicyclic) bond motifs is 1. The Bertz CT molecular complexity index is 1170. The van der Waals surface area contributed by atoms with Crippen molar-refractivity contribution in [2.24, 2.45) is 0 Å². The third kappa shape index (κ3) is 6.28. The van der Waals surface area contributed by atoms with Crippen LogP contribution in [0.25, 0.3) is 10.8 Å². The van der Waals surface area contributed by atoms with Crippen LogP contribution < -0.4 is 20.7 Å². The van der Waals surface area contributed by atoms with Gasteiger partial charge in [-0.2, -0.15) is 13.2 Å². The molecule has 1 atom stereocenters. The predicted octanol–water partition coefficient (Wildman–Crippen LogP) is 4.60. The molecule has 0 aliphatic heterocycles. The molecular weight excluding hydrogens is 451 g/mol. The van der Waals surface area contributed by atoms with Crippen molar-refractivity contribution >= 4 is 34.1 Å². The molecule has 1 unspecified atom stereocenters. The van der Waals surface area contributed by atoms with Gasteiger partial charge in [-0.3, -0.25) is 9.78 Å². The summed E-state index contributed by atoms with van der Waals surface area (Å²) in [7, 11) is 0. The van der Waals surface area contributed by atoms with Crippen LogP contribution in [0.15, 0.2) is 48.8 Å². The molecule has 0 aliphatic rings. The number of urea groups is 1. The topological polar surface area (TPSA) is 92.4 Å². The quantitative estimate of drug-likeness (QED) is 0.461. The Kier molecular flexibility index (Phi) is 6.95. The molecule has 0 radical (unpaired) electrons. The summed E-state index contributed by atoms with van der Waals surface area (Å²) in [6.45, 7) is 1.50. The number of benzene rings is 2. The number of alkyl halides is 3. The summed E-state index contributed by atoms with van der Waals surface area (Å²) in [5.74, 6) is -3.80. The number of aromatic nitrogens is 1. The van der Waals surface area contributed by atoms with Gasteiger partial charge in [-0.05, 0) is 25.1 Å².